The van der Waals surface area contributed by atoms with E-state index in [1.807, 2.05) is 4.90 Å². The Morgan fingerprint density at radius 3 is 2.78 bits per heavy atom. The van der Waals surface area contributed by atoms with Crippen molar-refractivity contribution < 1.29 is 23.1 Å². The molecular weight excluding hydrogens is 472 g/mol. The van der Waals surface area contributed by atoms with Crippen LogP contribution in [0.15, 0.2) is 48.9 Å². The van der Waals surface area contributed by atoms with Gasteiger partial charge >= 0.3 is 12.1 Å². The van der Waals surface area contributed by atoms with E-state index in [2.05, 4.69) is 27.3 Å². The van der Waals surface area contributed by atoms with Crippen molar-refractivity contribution in [1.29, 1.82) is 0 Å². The molecule has 1 aromatic carbocycles. The minimum atomic E-state index is -0.607. The number of fused-ring (bicyclic) bond motifs is 1. The average molecular weight is 498 g/mol. The van der Waals surface area contributed by atoms with Crippen LogP contribution in [0.4, 0.5) is 30.0 Å². The lowest BCUT2D eigenvalue weighted by Crippen LogP contribution is -2.61. The second-order valence-corrected chi connectivity index (χ2v) is 8.89. The molecule has 188 valence electrons. The molecule has 3 amide bonds. The van der Waals surface area contributed by atoms with Crippen molar-refractivity contribution in [3.63, 3.8) is 0 Å². The fourth-order valence-corrected chi connectivity index (χ4v) is 4.51. The van der Waals surface area contributed by atoms with E-state index in [9.17, 15) is 18.4 Å². The third kappa shape index (κ3) is 4.66. The lowest BCUT2D eigenvalue weighted by molar-refractivity contribution is 0.131. The zero-order valence-corrected chi connectivity index (χ0v) is 19.6. The van der Waals surface area contributed by atoms with Crippen LogP contribution < -0.4 is 15.5 Å². The van der Waals surface area contributed by atoms with Crippen LogP contribution in [0.2, 0.25) is 0 Å². The van der Waals surface area contributed by atoms with Gasteiger partial charge in [-0.25, -0.2) is 23.4 Å². The summed E-state index contributed by atoms with van der Waals surface area (Å²) in [6.07, 6.45) is 2.36. The van der Waals surface area contributed by atoms with Gasteiger partial charge in [0.05, 0.1) is 24.0 Å². The number of amides is 3. The van der Waals surface area contributed by atoms with E-state index in [1.165, 1.54) is 21.7 Å². The molecule has 0 aliphatic carbocycles. The molecule has 10 nitrogen and oxygen atoms in total. The molecule has 2 aliphatic heterocycles. The van der Waals surface area contributed by atoms with Gasteiger partial charge in [-0.05, 0) is 50.1 Å². The summed E-state index contributed by atoms with van der Waals surface area (Å²) < 4.78 is 34.7. The molecule has 2 N–H and O–H groups in total. The molecule has 1 atom stereocenters. The van der Waals surface area contributed by atoms with Crippen molar-refractivity contribution >= 4 is 29.4 Å². The van der Waals surface area contributed by atoms with E-state index in [0.717, 1.165) is 18.6 Å². The number of rotatable bonds is 5. The van der Waals surface area contributed by atoms with E-state index >= 15 is 0 Å². The number of urea groups is 1. The number of anilines is 2. The minimum Gasteiger partial charge on any atom is -0.416 e. The predicted molar refractivity (Wildman–Crippen MR) is 127 cm³/mol. The van der Waals surface area contributed by atoms with E-state index in [-0.39, 0.29) is 23.9 Å². The van der Waals surface area contributed by atoms with Gasteiger partial charge in [0, 0.05) is 25.2 Å². The van der Waals surface area contributed by atoms with Crippen LogP contribution in [-0.4, -0.2) is 57.3 Å². The number of hydrogen-bond donors (Lipinski definition) is 2. The van der Waals surface area contributed by atoms with Gasteiger partial charge in [-0.2, -0.15) is 4.52 Å². The maximum atomic E-state index is 14.5. The second-order valence-electron chi connectivity index (χ2n) is 8.89. The fraction of sp³-hybridized carbons (Fsp3) is 0.333. The van der Waals surface area contributed by atoms with Gasteiger partial charge in [-0.15, -0.1) is 5.10 Å². The molecule has 2 fully saturated rings. The first-order chi connectivity index (χ1) is 17.3. The number of halogens is 2. The molecule has 3 aromatic rings. The number of nitrogens with zero attached hydrogens (tertiary/aromatic N) is 5. The lowest BCUT2D eigenvalue weighted by atomic mass is 10.0. The highest BCUT2D eigenvalue weighted by Crippen LogP contribution is 2.36. The van der Waals surface area contributed by atoms with Crippen LogP contribution in [0.3, 0.4) is 0 Å². The van der Waals surface area contributed by atoms with Crippen LogP contribution in [0.5, 0.6) is 0 Å². The lowest BCUT2D eigenvalue weighted by Gasteiger charge is -2.38. The molecular formula is C24H25F2N7O3. The van der Waals surface area contributed by atoms with Gasteiger partial charge in [0.1, 0.15) is 17.5 Å². The van der Waals surface area contributed by atoms with Crippen molar-refractivity contribution in [2.45, 2.75) is 31.8 Å². The number of hydrogen-bond acceptors (Lipinski definition) is 6. The summed E-state index contributed by atoms with van der Waals surface area (Å²) in [5.41, 5.74) is 0.814. The summed E-state index contributed by atoms with van der Waals surface area (Å²) in [4.78, 5) is 32.1. The summed E-state index contributed by atoms with van der Waals surface area (Å²) >= 11 is 0. The number of nitrogens with one attached hydrogen (secondary N) is 2. The van der Waals surface area contributed by atoms with Gasteiger partial charge in [0.25, 0.3) is 0 Å². The molecule has 2 aliphatic rings. The number of ether oxygens (including phenoxy) is 1. The Morgan fingerprint density at radius 2 is 2.00 bits per heavy atom. The van der Waals surface area contributed by atoms with E-state index in [0.29, 0.717) is 48.9 Å². The normalized spacial score (nSPS) is 17.7. The number of carbonyl (C=O) groups excluding carboxylic acids is 2. The summed E-state index contributed by atoms with van der Waals surface area (Å²) in [7, 11) is 0. The van der Waals surface area contributed by atoms with Crippen molar-refractivity contribution in [3.05, 3.63) is 66.1 Å². The molecule has 0 unspecified atom stereocenters. The highest BCUT2D eigenvalue weighted by Gasteiger charge is 2.33. The minimum absolute atomic E-state index is 0.218. The third-order valence-corrected chi connectivity index (χ3v) is 6.21. The van der Waals surface area contributed by atoms with E-state index in [1.54, 1.807) is 19.1 Å². The zero-order chi connectivity index (χ0) is 25.4. The standard InChI is InChI=1S/C24H25F2N7O3/c1-14(2)36-24(35)28-16-12-31(13-16)23(34)29-22-11-27-20-7-8-21(30-33(20)22)32-9-3-4-19(32)17-10-15(25)5-6-18(17)26/h5-8,10-11,16,19H,1,3-4,9,12-13H2,2H3,(H,28,35)(H,29,34)/t19-/m1/s1. The number of allylic oxidation sites excluding steroid dienone is 1. The maximum absolute atomic E-state index is 14.5. The Hall–Kier alpha value is -4.22. The van der Waals surface area contributed by atoms with Gasteiger partial charge in [-0.3, -0.25) is 5.32 Å². The van der Waals surface area contributed by atoms with Gasteiger partial charge < -0.3 is 19.9 Å². The molecule has 12 heteroatoms. The molecule has 0 saturated carbocycles. The first-order valence-corrected chi connectivity index (χ1v) is 11.5. The molecule has 4 heterocycles. The SMILES string of the molecule is C=C(C)OC(=O)NC1CN(C(=O)Nc2cnc3ccc(N4CCC[C@@H]4c4cc(F)ccc4F)nn23)C1. The Kier molecular flexibility index (Phi) is 6.17. The average Bonchev–Trinajstić information content (AvgIpc) is 3.44. The zero-order valence-electron chi connectivity index (χ0n) is 19.6. The molecule has 2 aromatic heterocycles. The van der Waals surface area contributed by atoms with Crippen molar-refractivity contribution in [3.8, 4) is 0 Å². The van der Waals surface area contributed by atoms with Crippen LogP contribution in [0.25, 0.3) is 5.65 Å². The summed E-state index contributed by atoms with van der Waals surface area (Å²) in [5, 5.41) is 10.1. The third-order valence-electron chi connectivity index (χ3n) is 6.21. The molecule has 0 radical (unpaired) electrons. The summed E-state index contributed by atoms with van der Waals surface area (Å²) in [6.45, 7) is 6.35. The molecule has 0 spiro atoms. The smallest absolute Gasteiger partial charge is 0.412 e. The van der Waals surface area contributed by atoms with Crippen LogP contribution in [-0.2, 0) is 4.74 Å². The summed E-state index contributed by atoms with van der Waals surface area (Å²) in [5.74, 6) is 0.258. The summed E-state index contributed by atoms with van der Waals surface area (Å²) in [6, 6.07) is 6.07. The molecule has 5 rings (SSSR count). The highest BCUT2D eigenvalue weighted by atomic mass is 19.1. The predicted octanol–water partition coefficient (Wildman–Crippen LogP) is 3.82. The van der Waals surface area contributed by atoms with Gasteiger partial charge in [-0.1, -0.05) is 6.58 Å². The number of carbonyl (C=O) groups is 2. The largest absolute Gasteiger partial charge is 0.416 e. The van der Waals surface area contributed by atoms with Crippen molar-refractivity contribution in [2.24, 2.45) is 0 Å². The number of aromatic nitrogens is 3. The van der Waals surface area contributed by atoms with E-state index < -0.39 is 17.7 Å². The van der Waals surface area contributed by atoms with Crippen LogP contribution in [0.1, 0.15) is 31.4 Å². The topological polar surface area (TPSA) is 104 Å². The van der Waals surface area contributed by atoms with Gasteiger partial charge in [0.15, 0.2) is 11.5 Å². The number of alkyl carbamates (subject to hydrolysis) is 1. The first-order valence-electron chi connectivity index (χ1n) is 11.5. The number of likely N-dealkylation sites (tertiary alicyclic amines) is 1. The van der Waals surface area contributed by atoms with Gasteiger partial charge in [0.2, 0.25) is 0 Å². The Bertz CT molecular complexity index is 1340. The number of benzene rings is 1. The Morgan fingerprint density at radius 1 is 1.19 bits per heavy atom. The highest BCUT2D eigenvalue weighted by molar-refractivity contribution is 5.89. The quantitative estimate of drug-likeness (QED) is 0.520. The number of imidazole rings is 1. The Labute approximate surface area is 205 Å². The van der Waals surface area contributed by atoms with E-state index in [4.69, 9.17) is 4.74 Å². The Balaban J connectivity index is 1.28. The van der Waals surface area contributed by atoms with Crippen LogP contribution in [0, 0.1) is 11.6 Å². The molecule has 2 saturated heterocycles. The second kappa shape index (κ2) is 9.44. The monoisotopic (exact) mass is 497 g/mol. The van der Waals surface area contributed by atoms with Crippen molar-refractivity contribution in [2.75, 3.05) is 29.9 Å². The molecule has 36 heavy (non-hydrogen) atoms. The fourth-order valence-electron chi connectivity index (χ4n) is 4.51. The van der Waals surface area contributed by atoms with Crippen molar-refractivity contribution in [1.82, 2.24) is 24.8 Å². The first kappa shape index (κ1) is 23.5. The maximum Gasteiger partial charge on any atom is 0.412 e. The molecule has 0 bridgehead atoms. The van der Waals surface area contributed by atoms with Crippen LogP contribution >= 0.6 is 0 Å².